The number of nitrogens with zero attached hydrogens (tertiary/aromatic N) is 1. The predicted octanol–water partition coefficient (Wildman–Crippen LogP) is 2.27. The van der Waals surface area contributed by atoms with Crippen LogP contribution in [0.2, 0.25) is 0 Å². The smallest absolute Gasteiger partial charge is 0.257 e. The van der Waals surface area contributed by atoms with Gasteiger partial charge in [-0.1, -0.05) is 18.7 Å². The maximum Gasteiger partial charge on any atom is 0.257 e. The molecule has 16 heavy (non-hydrogen) atoms. The van der Waals surface area contributed by atoms with Crippen molar-refractivity contribution in [3.8, 4) is 0 Å². The van der Waals surface area contributed by atoms with E-state index in [4.69, 9.17) is 10.2 Å². The number of anilines is 1. The second-order valence-electron chi connectivity index (χ2n) is 3.77. The molecule has 3 N–H and O–H groups in total. The quantitative estimate of drug-likeness (QED) is 0.634. The Morgan fingerprint density at radius 2 is 2.19 bits per heavy atom. The lowest BCUT2D eigenvalue weighted by Gasteiger charge is -2.10. The number of nitrogens with two attached hydrogens (primary N) is 1. The highest BCUT2D eigenvalue weighted by Crippen LogP contribution is 2.28. The average molecular weight is 238 g/mol. The van der Waals surface area contributed by atoms with E-state index in [1.165, 1.54) is 11.8 Å². The molecule has 2 rings (SSSR count). The van der Waals surface area contributed by atoms with E-state index in [2.05, 4.69) is 4.98 Å². The van der Waals surface area contributed by atoms with Gasteiger partial charge in [0.25, 0.3) is 5.22 Å². The first-order valence-electron chi connectivity index (χ1n) is 5.07. The second kappa shape index (κ2) is 4.35. The number of aliphatic hydroxyl groups is 1. The summed E-state index contributed by atoms with van der Waals surface area (Å²) < 4.78 is 5.53. The van der Waals surface area contributed by atoms with Crippen molar-refractivity contribution in [2.75, 3.05) is 5.73 Å². The molecule has 0 saturated carbocycles. The zero-order valence-corrected chi connectivity index (χ0v) is 9.99. The van der Waals surface area contributed by atoms with Gasteiger partial charge in [0.15, 0.2) is 5.58 Å². The van der Waals surface area contributed by atoms with E-state index >= 15 is 0 Å². The molecule has 0 aliphatic heterocycles. The maximum atomic E-state index is 9.39. The third-order valence-electron chi connectivity index (χ3n) is 2.36. The molecule has 0 saturated heterocycles. The fourth-order valence-corrected chi connectivity index (χ4v) is 2.04. The molecule has 1 aromatic heterocycles. The molecule has 0 spiro atoms. The fraction of sp³-hybridized carbons (Fsp3) is 0.364. The minimum Gasteiger partial charge on any atom is -0.431 e. The Kier molecular flexibility index (Phi) is 3.07. The predicted molar refractivity (Wildman–Crippen MR) is 65.4 cm³/mol. The van der Waals surface area contributed by atoms with Gasteiger partial charge in [0, 0.05) is 10.9 Å². The number of aliphatic hydroxyl groups excluding tert-OH is 1. The molecular weight excluding hydrogens is 224 g/mol. The van der Waals surface area contributed by atoms with Crippen LogP contribution in [-0.2, 0) is 0 Å². The topological polar surface area (TPSA) is 72.3 Å². The van der Waals surface area contributed by atoms with Gasteiger partial charge < -0.3 is 15.3 Å². The molecule has 1 heterocycles. The number of benzene rings is 1. The molecule has 2 aromatic rings. The molecule has 1 aromatic carbocycles. The van der Waals surface area contributed by atoms with Crippen molar-refractivity contribution in [3.63, 3.8) is 0 Å². The number of nitrogen functional groups attached to an aromatic ring is 1. The largest absolute Gasteiger partial charge is 0.431 e. The van der Waals surface area contributed by atoms with Crippen LogP contribution in [-0.4, -0.2) is 21.4 Å². The summed E-state index contributed by atoms with van der Waals surface area (Å²) in [5, 5.41) is 10.0. The van der Waals surface area contributed by atoms with E-state index in [0.717, 1.165) is 11.1 Å². The molecule has 0 aliphatic carbocycles. The zero-order chi connectivity index (χ0) is 11.7. The minimum absolute atomic E-state index is 0.0467. The average Bonchev–Trinajstić information content (AvgIpc) is 2.58. The van der Waals surface area contributed by atoms with Crippen molar-refractivity contribution in [1.82, 2.24) is 4.98 Å². The van der Waals surface area contributed by atoms with Crippen LogP contribution in [0.4, 0.5) is 5.69 Å². The molecule has 2 atom stereocenters. The molecule has 0 fully saturated rings. The summed E-state index contributed by atoms with van der Waals surface area (Å²) in [6, 6.07) is 5.35. The Hall–Kier alpha value is -1.20. The number of fused-ring (bicyclic) bond motifs is 1. The Balaban J connectivity index is 2.26. The lowest BCUT2D eigenvalue weighted by molar-refractivity contribution is 0.196. The van der Waals surface area contributed by atoms with Crippen molar-refractivity contribution in [2.24, 2.45) is 0 Å². The molecular formula is C11H14N2O2S. The summed E-state index contributed by atoms with van der Waals surface area (Å²) in [6.45, 7) is 3.68. The summed E-state index contributed by atoms with van der Waals surface area (Å²) in [4.78, 5) is 4.30. The summed E-state index contributed by atoms with van der Waals surface area (Å²) in [6.07, 6.45) is -0.398. The van der Waals surface area contributed by atoms with E-state index < -0.39 is 6.10 Å². The number of hydrogen-bond acceptors (Lipinski definition) is 5. The van der Waals surface area contributed by atoms with Gasteiger partial charge in [-0.25, -0.2) is 4.98 Å². The molecule has 2 unspecified atom stereocenters. The summed E-state index contributed by atoms with van der Waals surface area (Å²) in [5.41, 5.74) is 7.79. The highest BCUT2D eigenvalue weighted by Gasteiger charge is 2.14. The van der Waals surface area contributed by atoms with Crippen molar-refractivity contribution < 1.29 is 9.52 Å². The molecule has 0 amide bonds. The van der Waals surface area contributed by atoms with Crippen molar-refractivity contribution in [2.45, 2.75) is 30.4 Å². The number of aromatic nitrogens is 1. The van der Waals surface area contributed by atoms with E-state index in [1.54, 1.807) is 25.1 Å². The lowest BCUT2D eigenvalue weighted by atomic mass is 10.3. The van der Waals surface area contributed by atoms with Crippen LogP contribution in [0.15, 0.2) is 27.8 Å². The van der Waals surface area contributed by atoms with Crippen LogP contribution in [0.25, 0.3) is 11.1 Å². The van der Waals surface area contributed by atoms with Crippen LogP contribution >= 0.6 is 11.8 Å². The Bertz CT molecular complexity index is 496. The highest BCUT2D eigenvalue weighted by molar-refractivity contribution is 7.99. The van der Waals surface area contributed by atoms with E-state index in [9.17, 15) is 5.11 Å². The third kappa shape index (κ3) is 2.31. The molecule has 4 nitrogen and oxygen atoms in total. The fourth-order valence-electron chi connectivity index (χ4n) is 1.23. The van der Waals surface area contributed by atoms with Crippen LogP contribution in [0.1, 0.15) is 13.8 Å². The number of rotatable bonds is 3. The normalized spacial score (nSPS) is 15.2. The SMILES string of the molecule is CC(O)C(C)Sc1nc2cc(N)ccc2o1. The van der Waals surface area contributed by atoms with Gasteiger partial charge >= 0.3 is 0 Å². The number of oxazole rings is 1. The molecule has 5 heteroatoms. The van der Waals surface area contributed by atoms with Crippen LogP contribution in [0.3, 0.4) is 0 Å². The van der Waals surface area contributed by atoms with Crippen LogP contribution < -0.4 is 5.73 Å². The molecule has 0 aliphatic rings. The van der Waals surface area contributed by atoms with Crippen LogP contribution in [0.5, 0.6) is 0 Å². The Labute approximate surface area is 97.8 Å². The second-order valence-corrected chi connectivity index (χ2v) is 5.10. The van der Waals surface area contributed by atoms with Gasteiger partial charge in [-0.15, -0.1) is 0 Å². The molecule has 86 valence electrons. The van der Waals surface area contributed by atoms with Gasteiger partial charge in [-0.3, -0.25) is 0 Å². The summed E-state index contributed by atoms with van der Waals surface area (Å²) in [5.74, 6) is 0. The zero-order valence-electron chi connectivity index (χ0n) is 9.18. The minimum atomic E-state index is -0.398. The van der Waals surface area contributed by atoms with Gasteiger partial charge in [0.05, 0.1) is 6.10 Å². The van der Waals surface area contributed by atoms with Crippen molar-refractivity contribution in [3.05, 3.63) is 18.2 Å². The number of hydrogen-bond donors (Lipinski definition) is 2. The van der Waals surface area contributed by atoms with Gasteiger partial charge in [-0.2, -0.15) is 0 Å². The van der Waals surface area contributed by atoms with E-state index in [1.807, 2.05) is 6.92 Å². The van der Waals surface area contributed by atoms with Crippen molar-refractivity contribution >= 4 is 28.5 Å². The summed E-state index contributed by atoms with van der Waals surface area (Å²) in [7, 11) is 0. The Morgan fingerprint density at radius 3 is 2.88 bits per heavy atom. The first-order valence-corrected chi connectivity index (χ1v) is 5.95. The molecule has 0 radical (unpaired) electrons. The first kappa shape index (κ1) is 11.3. The highest BCUT2D eigenvalue weighted by atomic mass is 32.2. The van der Waals surface area contributed by atoms with Gasteiger partial charge in [0.1, 0.15) is 5.52 Å². The van der Waals surface area contributed by atoms with Crippen LogP contribution in [0, 0.1) is 0 Å². The van der Waals surface area contributed by atoms with E-state index in [0.29, 0.717) is 10.9 Å². The summed E-state index contributed by atoms with van der Waals surface area (Å²) >= 11 is 1.41. The monoisotopic (exact) mass is 238 g/mol. The Morgan fingerprint density at radius 1 is 1.44 bits per heavy atom. The maximum absolute atomic E-state index is 9.39. The van der Waals surface area contributed by atoms with Gasteiger partial charge in [-0.05, 0) is 25.1 Å². The number of thioether (sulfide) groups is 1. The lowest BCUT2D eigenvalue weighted by Crippen LogP contribution is -2.14. The van der Waals surface area contributed by atoms with Gasteiger partial charge in [0.2, 0.25) is 0 Å². The van der Waals surface area contributed by atoms with E-state index in [-0.39, 0.29) is 5.25 Å². The third-order valence-corrected chi connectivity index (χ3v) is 3.50. The standard InChI is InChI=1S/C11H14N2O2S/c1-6(14)7(2)16-11-13-9-5-8(12)3-4-10(9)15-11/h3-7,14H,12H2,1-2H3. The molecule has 0 bridgehead atoms. The first-order chi connectivity index (χ1) is 7.56. The van der Waals surface area contributed by atoms with Crippen molar-refractivity contribution in [1.29, 1.82) is 0 Å².